The van der Waals surface area contributed by atoms with E-state index in [1.54, 1.807) is 0 Å². The Labute approximate surface area is 111 Å². The molecule has 1 aromatic rings. The molecule has 3 heteroatoms. The average Bonchev–Trinajstić information content (AvgIpc) is 2.82. The first-order chi connectivity index (χ1) is 8.48. The van der Waals surface area contributed by atoms with Gasteiger partial charge in [0, 0.05) is 25.0 Å². The molecule has 18 heavy (non-hydrogen) atoms. The first-order valence-corrected chi connectivity index (χ1v) is 6.81. The van der Waals surface area contributed by atoms with Crippen LogP contribution in [-0.4, -0.2) is 4.57 Å². The minimum absolute atomic E-state index is 0.156. The summed E-state index contributed by atoms with van der Waals surface area (Å²) in [6.07, 6.45) is 8.38. The Balaban J connectivity index is 2.32. The zero-order chi connectivity index (χ0) is 13.6. The Kier molecular flexibility index (Phi) is 5.43. The zero-order valence-corrected chi connectivity index (χ0v) is 11.8. The highest BCUT2D eigenvalue weighted by atomic mass is 14.9. The zero-order valence-electron chi connectivity index (χ0n) is 11.8. The molecule has 0 amide bonds. The lowest BCUT2D eigenvalue weighted by Gasteiger charge is -2.14. The summed E-state index contributed by atoms with van der Waals surface area (Å²) < 4.78 is 2.20. The summed E-state index contributed by atoms with van der Waals surface area (Å²) in [5, 5.41) is 8.93. The average molecular weight is 247 g/mol. The highest BCUT2D eigenvalue weighted by molar-refractivity contribution is 5.14. The maximum absolute atomic E-state index is 8.93. The molecule has 0 aromatic carbocycles. The van der Waals surface area contributed by atoms with Gasteiger partial charge in [-0.3, -0.25) is 0 Å². The van der Waals surface area contributed by atoms with Crippen molar-refractivity contribution in [2.24, 2.45) is 11.1 Å². The fourth-order valence-electron chi connectivity index (χ4n) is 1.97. The summed E-state index contributed by atoms with van der Waals surface area (Å²) in [5.74, 6) is 0. The van der Waals surface area contributed by atoms with Crippen molar-refractivity contribution in [1.29, 1.82) is 5.26 Å². The number of nitrogens with zero attached hydrogens (tertiary/aromatic N) is 2. The second kappa shape index (κ2) is 6.61. The minimum atomic E-state index is -0.188. The van der Waals surface area contributed by atoms with Gasteiger partial charge in [0.1, 0.15) is 0 Å². The van der Waals surface area contributed by atoms with Gasteiger partial charge in [0.2, 0.25) is 0 Å². The number of aromatic nitrogens is 1. The number of unbranched alkanes of at least 4 members (excludes halogenated alkanes) is 1. The SMILES string of the molecule is CCC(N)c1ccn(CCCCC(C)(C)C#N)c1. The second-order valence-electron chi connectivity index (χ2n) is 5.65. The molecule has 0 fully saturated rings. The van der Waals surface area contributed by atoms with Crippen molar-refractivity contribution in [2.45, 2.75) is 59.0 Å². The number of nitrogens with two attached hydrogens (primary N) is 1. The molecule has 0 saturated heterocycles. The van der Waals surface area contributed by atoms with E-state index in [2.05, 4.69) is 36.0 Å². The lowest BCUT2D eigenvalue weighted by Crippen LogP contribution is -2.08. The Bertz CT molecular complexity index is 398. The summed E-state index contributed by atoms with van der Waals surface area (Å²) in [6, 6.07) is 4.60. The number of hydrogen-bond donors (Lipinski definition) is 1. The molecular weight excluding hydrogens is 222 g/mol. The molecule has 2 N–H and O–H groups in total. The molecule has 1 unspecified atom stereocenters. The number of hydrogen-bond acceptors (Lipinski definition) is 2. The normalized spacial score (nSPS) is 13.3. The smallest absolute Gasteiger partial charge is 0.0683 e. The number of aryl methyl sites for hydroxylation is 1. The molecule has 1 rings (SSSR count). The molecule has 1 heterocycles. The van der Waals surface area contributed by atoms with Crippen LogP contribution in [0.25, 0.3) is 0 Å². The molecule has 0 spiro atoms. The Morgan fingerprint density at radius 1 is 1.44 bits per heavy atom. The first-order valence-electron chi connectivity index (χ1n) is 6.81. The van der Waals surface area contributed by atoms with Crippen molar-refractivity contribution in [3.8, 4) is 6.07 Å². The quantitative estimate of drug-likeness (QED) is 0.748. The molecular formula is C15H25N3. The van der Waals surface area contributed by atoms with Gasteiger partial charge in [-0.15, -0.1) is 0 Å². The van der Waals surface area contributed by atoms with Gasteiger partial charge in [0.05, 0.1) is 11.5 Å². The van der Waals surface area contributed by atoms with Crippen LogP contribution in [0.1, 0.15) is 58.1 Å². The van der Waals surface area contributed by atoms with Crippen LogP contribution in [0.4, 0.5) is 0 Å². The van der Waals surface area contributed by atoms with Crippen molar-refractivity contribution < 1.29 is 0 Å². The minimum Gasteiger partial charge on any atom is -0.354 e. The molecule has 0 aliphatic rings. The second-order valence-corrected chi connectivity index (χ2v) is 5.65. The Morgan fingerprint density at radius 2 is 2.17 bits per heavy atom. The Hall–Kier alpha value is -1.27. The highest BCUT2D eigenvalue weighted by Crippen LogP contribution is 2.22. The highest BCUT2D eigenvalue weighted by Gasteiger charge is 2.15. The van der Waals surface area contributed by atoms with Gasteiger partial charge in [-0.05, 0) is 44.7 Å². The largest absolute Gasteiger partial charge is 0.354 e. The molecule has 0 aliphatic carbocycles. The van der Waals surface area contributed by atoms with Gasteiger partial charge in [-0.1, -0.05) is 13.3 Å². The van der Waals surface area contributed by atoms with E-state index in [9.17, 15) is 0 Å². The van der Waals surface area contributed by atoms with Gasteiger partial charge in [0.25, 0.3) is 0 Å². The van der Waals surface area contributed by atoms with Crippen LogP contribution in [-0.2, 0) is 6.54 Å². The van der Waals surface area contributed by atoms with E-state index in [-0.39, 0.29) is 11.5 Å². The maximum Gasteiger partial charge on any atom is 0.0683 e. The third kappa shape index (κ3) is 4.54. The van der Waals surface area contributed by atoms with Crippen LogP contribution in [0.3, 0.4) is 0 Å². The molecule has 0 saturated carbocycles. The topological polar surface area (TPSA) is 54.7 Å². The van der Waals surface area contributed by atoms with Crippen LogP contribution in [0, 0.1) is 16.7 Å². The summed E-state index contributed by atoms with van der Waals surface area (Å²) in [4.78, 5) is 0. The van der Waals surface area contributed by atoms with Crippen molar-refractivity contribution in [3.05, 3.63) is 24.0 Å². The van der Waals surface area contributed by atoms with E-state index in [0.717, 1.165) is 32.2 Å². The van der Waals surface area contributed by atoms with Crippen LogP contribution in [0.5, 0.6) is 0 Å². The van der Waals surface area contributed by atoms with E-state index in [4.69, 9.17) is 11.0 Å². The summed E-state index contributed by atoms with van der Waals surface area (Å²) >= 11 is 0. The van der Waals surface area contributed by atoms with Gasteiger partial charge in [-0.25, -0.2) is 0 Å². The van der Waals surface area contributed by atoms with Gasteiger partial charge >= 0.3 is 0 Å². The standard InChI is InChI=1S/C15H25N3/c1-4-14(17)13-7-10-18(11-13)9-6-5-8-15(2,3)12-16/h7,10-11,14H,4-6,8-9,17H2,1-3H3. The lowest BCUT2D eigenvalue weighted by molar-refractivity contribution is 0.417. The summed E-state index contributed by atoms with van der Waals surface area (Å²) in [6.45, 7) is 7.12. The molecule has 100 valence electrons. The number of rotatable bonds is 7. The van der Waals surface area contributed by atoms with Crippen LogP contribution in [0.2, 0.25) is 0 Å². The predicted octanol–water partition coefficient (Wildman–Crippen LogP) is 3.62. The van der Waals surface area contributed by atoms with Crippen molar-refractivity contribution in [3.63, 3.8) is 0 Å². The monoisotopic (exact) mass is 247 g/mol. The Morgan fingerprint density at radius 3 is 2.78 bits per heavy atom. The lowest BCUT2D eigenvalue weighted by atomic mass is 9.89. The van der Waals surface area contributed by atoms with E-state index in [1.807, 2.05) is 13.8 Å². The summed E-state index contributed by atoms with van der Waals surface area (Å²) in [5.41, 5.74) is 7.02. The fourth-order valence-corrected chi connectivity index (χ4v) is 1.97. The van der Waals surface area contributed by atoms with E-state index in [0.29, 0.717) is 0 Å². The maximum atomic E-state index is 8.93. The molecule has 3 nitrogen and oxygen atoms in total. The van der Waals surface area contributed by atoms with Crippen molar-refractivity contribution >= 4 is 0 Å². The van der Waals surface area contributed by atoms with Crippen LogP contribution >= 0.6 is 0 Å². The van der Waals surface area contributed by atoms with Gasteiger partial charge in [0.15, 0.2) is 0 Å². The van der Waals surface area contributed by atoms with E-state index >= 15 is 0 Å². The first kappa shape index (κ1) is 14.8. The molecule has 0 bridgehead atoms. The van der Waals surface area contributed by atoms with Crippen molar-refractivity contribution in [1.82, 2.24) is 4.57 Å². The van der Waals surface area contributed by atoms with E-state index in [1.165, 1.54) is 5.56 Å². The third-order valence-corrected chi connectivity index (χ3v) is 3.41. The molecule has 1 atom stereocenters. The van der Waals surface area contributed by atoms with Crippen molar-refractivity contribution in [2.75, 3.05) is 0 Å². The van der Waals surface area contributed by atoms with E-state index < -0.39 is 0 Å². The molecule has 0 aliphatic heterocycles. The fraction of sp³-hybridized carbons (Fsp3) is 0.667. The summed E-state index contributed by atoms with van der Waals surface area (Å²) in [7, 11) is 0. The number of nitriles is 1. The predicted molar refractivity (Wildman–Crippen MR) is 74.9 cm³/mol. The van der Waals surface area contributed by atoms with Crippen LogP contribution < -0.4 is 5.73 Å². The van der Waals surface area contributed by atoms with Crippen LogP contribution in [0.15, 0.2) is 18.5 Å². The molecule has 1 aromatic heterocycles. The van der Waals surface area contributed by atoms with Gasteiger partial charge in [-0.2, -0.15) is 5.26 Å². The third-order valence-electron chi connectivity index (χ3n) is 3.41. The van der Waals surface area contributed by atoms with Gasteiger partial charge < -0.3 is 10.3 Å². The molecule has 0 radical (unpaired) electrons.